The molecule has 1 heterocycles. The number of nitro groups is 1. The molecule has 7 heteroatoms. The Morgan fingerprint density at radius 3 is 3.00 bits per heavy atom. The average Bonchev–Trinajstić information content (AvgIpc) is 2.47. The van der Waals surface area contributed by atoms with Crippen molar-refractivity contribution in [3.8, 4) is 0 Å². The van der Waals surface area contributed by atoms with Crippen molar-refractivity contribution in [1.29, 1.82) is 0 Å². The van der Waals surface area contributed by atoms with Gasteiger partial charge in [-0.25, -0.2) is 4.79 Å². The van der Waals surface area contributed by atoms with Gasteiger partial charge in [-0.15, -0.1) is 0 Å². The summed E-state index contributed by atoms with van der Waals surface area (Å²) in [6.45, 7) is 5.51. The van der Waals surface area contributed by atoms with Crippen LogP contribution in [-0.4, -0.2) is 43.2 Å². The predicted molar refractivity (Wildman–Crippen MR) is 78.5 cm³/mol. The van der Waals surface area contributed by atoms with Crippen LogP contribution in [-0.2, 0) is 9.53 Å². The Bertz CT molecular complexity index is 547. The summed E-state index contributed by atoms with van der Waals surface area (Å²) in [6.07, 6.45) is 0. The van der Waals surface area contributed by atoms with Crippen molar-refractivity contribution < 1.29 is 14.5 Å². The molecule has 7 nitrogen and oxygen atoms in total. The Morgan fingerprint density at radius 1 is 1.57 bits per heavy atom. The van der Waals surface area contributed by atoms with Gasteiger partial charge in [0.1, 0.15) is 11.7 Å². The maximum atomic E-state index is 12.1. The van der Waals surface area contributed by atoms with Gasteiger partial charge < -0.3 is 15.0 Å². The van der Waals surface area contributed by atoms with Crippen molar-refractivity contribution in [1.82, 2.24) is 5.32 Å². The van der Waals surface area contributed by atoms with Gasteiger partial charge in [-0.3, -0.25) is 10.1 Å². The normalized spacial score (nSPS) is 18.4. The summed E-state index contributed by atoms with van der Waals surface area (Å²) < 4.78 is 5.07. The highest BCUT2D eigenvalue weighted by Gasteiger charge is 2.33. The summed E-state index contributed by atoms with van der Waals surface area (Å²) in [6, 6.07) is 4.38. The van der Waals surface area contributed by atoms with Crippen LogP contribution in [0, 0.1) is 17.0 Å². The fourth-order valence-electron chi connectivity index (χ4n) is 2.46. The molecule has 1 saturated heterocycles. The highest BCUT2D eigenvalue weighted by Crippen LogP contribution is 2.31. The van der Waals surface area contributed by atoms with Gasteiger partial charge in [0.05, 0.1) is 11.5 Å². The van der Waals surface area contributed by atoms with Gasteiger partial charge >= 0.3 is 5.97 Å². The second-order valence-electron chi connectivity index (χ2n) is 4.91. The minimum Gasteiger partial charge on any atom is -0.464 e. The monoisotopic (exact) mass is 293 g/mol. The summed E-state index contributed by atoms with van der Waals surface area (Å²) in [5.41, 5.74) is 1.40. The fraction of sp³-hybridized carbons (Fsp3) is 0.500. The van der Waals surface area contributed by atoms with Crippen molar-refractivity contribution in [2.24, 2.45) is 0 Å². The van der Waals surface area contributed by atoms with Crippen LogP contribution in [0.3, 0.4) is 0 Å². The molecule has 0 saturated carbocycles. The lowest BCUT2D eigenvalue weighted by Crippen LogP contribution is -2.55. The van der Waals surface area contributed by atoms with Crippen molar-refractivity contribution in [3.63, 3.8) is 0 Å². The van der Waals surface area contributed by atoms with Crippen LogP contribution >= 0.6 is 0 Å². The van der Waals surface area contributed by atoms with Crippen LogP contribution in [0.1, 0.15) is 12.5 Å². The molecule has 1 aromatic rings. The van der Waals surface area contributed by atoms with E-state index in [1.165, 1.54) is 6.07 Å². The van der Waals surface area contributed by atoms with E-state index in [0.29, 0.717) is 31.9 Å². The third kappa shape index (κ3) is 3.30. The fourth-order valence-corrected chi connectivity index (χ4v) is 2.46. The maximum Gasteiger partial charge on any atom is 0.330 e. The number of aryl methyl sites for hydroxylation is 1. The molecule has 1 atom stereocenters. The van der Waals surface area contributed by atoms with Gasteiger partial charge in [0, 0.05) is 25.7 Å². The van der Waals surface area contributed by atoms with E-state index in [0.717, 1.165) is 5.56 Å². The van der Waals surface area contributed by atoms with Crippen molar-refractivity contribution >= 4 is 17.3 Å². The predicted octanol–water partition coefficient (Wildman–Crippen LogP) is 1.24. The first kappa shape index (κ1) is 15.2. The van der Waals surface area contributed by atoms with Crippen LogP contribution in [0.2, 0.25) is 0 Å². The minimum absolute atomic E-state index is 0.0109. The number of anilines is 1. The molecule has 0 spiro atoms. The van der Waals surface area contributed by atoms with Crippen LogP contribution in [0.4, 0.5) is 11.4 Å². The number of hydrogen-bond acceptors (Lipinski definition) is 6. The number of nitro benzene ring substituents is 1. The van der Waals surface area contributed by atoms with Crippen LogP contribution in [0.15, 0.2) is 18.2 Å². The van der Waals surface area contributed by atoms with Gasteiger partial charge in [-0.1, -0.05) is 6.07 Å². The smallest absolute Gasteiger partial charge is 0.330 e. The van der Waals surface area contributed by atoms with Gasteiger partial charge in [-0.2, -0.15) is 0 Å². The zero-order valence-corrected chi connectivity index (χ0v) is 12.2. The molecule has 1 unspecified atom stereocenters. The standard InChI is InChI=1S/C14H19N3O4/c1-3-21-14(18)13-9-15-6-7-16(13)12-8-10(2)4-5-11(12)17(19)20/h4-5,8,13,15H,3,6-7,9H2,1-2H3. The maximum absolute atomic E-state index is 12.1. The summed E-state index contributed by atoms with van der Waals surface area (Å²) >= 11 is 0. The molecule has 1 aliphatic heterocycles. The average molecular weight is 293 g/mol. The topological polar surface area (TPSA) is 84.7 Å². The quantitative estimate of drug-likeness (QED) is 0.511. The summed E-state index contributed by atoms with van der Waals surface area (Å²) in [5, 5.41) is 14.3. The molecule has 0 radical (unpaired) electrons. The lowest BCUT2D eigenvalue weighted by molar-refractivity contribution is -0.384. The largest absolute Gasteiger partial charge is 0.464 e. The van der Waals surface area contributed by atoms with E-state index in [9.17, 15) is 14.9 Å². The number of carbonyl (C=O) groups excluding carboxylic acids is 1. The molecule has 0 aliphatic carbocycles. The highest BCUT2D eigenvalue weighted by molar-refractivity contribution is 5.82. The zero-order chi connectivity index (χ0) is 15.4. The number of rotatable bonds is 4. The first-order valence-corrected chi connectivity index (χ1v) is 6.93. The van der Waals surface area contributed by atoms with Gasteiger partial charge in [0.2, 0.25) is 0 Å². The molecule has 0 amide bonds. The van der Waals surface area contributed by atoms with Crippen LogP contribution in [0.5, 0.6) is 0 Å². The third-order valence-electron chi connectivity index (χ3n) is 3.44. The Balaban J connectivity index is 2.39. The highest BCUT2D eigenvalue weighted by atomic mass is 16.6. The number of carbonyl (C=O) groups is 1. The second kappa shape index (κ2) is 6.53. The number of hydrogen-bond donors (Lipinski definition) is 1. The van der Waals surface area contributed by atoms with Crippen molar-refractivity contribution in [3.05, 3.63) is 33.9 Å². The molecule has 1 aromatic carbocycles. The summed E-state index contributed by atoms with van der Waals surface area (Å²) in [7, 11) is 0. The van der Waals surface area contributed by atoms with E-state index in [4.69, 9.17) is 4.74 Å². The molecule has 1 N–H and O–H groups in total. The number of piperazine rings is 1. The molecule has 0 aromatic heterocycles. The molecule has 1 aliphatic rings. The Hall–Kier alpha value is -2.15. The van der Waals surface area contributed by atoms with Crippen molar-refractivity contribution in [2.45, 2.75) is 19.9 Å². The first-order valence-electron chi connectivity index (χ1n) is 6.93. The Kier molecular flexibility index (Phi) is 4.74. The molecule has 2 rings (SSSR count). The van der Waals surface area contributed by atoms with E-state index in [-0.39, 0.29) is 11.7 Å². The minimum atomic E-state index is -0.542. The van der Waals surface area contributed by atoms with E-state index in [1.807, 2.05) is 6.92 Å². The van der Waals surface area contributed by atoms with Gasteiger partial charge in [0.25, 0.3) is 5.69 Å². The number of nitrogens with one attached hydrogen (secondary N) is 1. The van der Waals surface area contributed by atoms with Crippen LogP contribution < -0.4 is 10.2 Å². The first-order chi connectivity index (χ1) is 10.0. The number of nitrogens with zero attached hydrogens (tertiary/aromatic N) is 2. The summed E-state index contributed by atoms with van der Waals surface area (Å²) in [4.78, 5) is 24.6. The molecule has 1 fully saturated rings. The molecule has 21 heavy (non-hydrogen) atoms. The number of esters is 1. The Labute approximate surface area is 123 Å². The zero-order valence-electron chi connectivity index (χ0n) is 12.2. The lowest BCUT2D eigenvalue weighted by Gasteiger charge is -2.35. The van der Waals surface area contributed by atoms with Crippen LogP contribution in [0.25, 0.3) is 0 Å². The second-order valence-corrected chi connectivity index (χ2v) is 4.91. The third-order valence-corrected chi connectivity index (χ3v) is 3.44. The molecular formula is C14H19N3O4. The molecule has 0 bridgehead atoms. The number of ether oxygens (including phenoxy) is 1. The van der Waals surface area contributed by atoms with E-state index in [2.05, 4.69) is 5.32 Å². The SMILES string of the molecule is CCOC(=O)C1CNCCN1c1cc(C)ccc1[N+](=O)[O-]. The molecule has 114 valence electrons. The van der Waals surface area contributed by atoms with Gasteiger partial charge in [-0.05, 0) is 25.5 Å². The lowest BCUT2D eigenvalue weighted by atomic mass is 10.1. The van der Waals surface area contributed by atoms with E-state index >= 15 is 0 Å². The number of benzene rings is 1. The summed E-state index contributed by atoms with van der Waals surface area (Å²) in [5.74, 6) is -0.361. The molecular weight excluding hydrogens is 274 g/mol. The Morgan fingerprint density at radius 2 is 2.33 bits per heavy atom. The van der Waals surface area contributed by atoms with E-state index in [1.54, 1.807) is 24.0 Å². The van der Waals surface area contributed by atoms with E-state index < -0.39 is 11.0 Å². The van der Waals surface area contributed by atoms with Gasteiger partial charge in [0.15, 0.2) is 0 Å². The van der Waals surface area contributed by atoms with Crippen molar-refractivity contribution in [2.75, 3.05) is 31.1 Å².